The summed E-state index contributed by atoms with van der Waals surface area (Å²) in [5, 5.41) is 3.20. The molecule has 1 heterocycles. The third-order valence-electron chi connectivity index (χ3n) is 3.56. The summed E-state index contributed by atoms with van der Waals surface area (Å²) in [6.45, 7) is 10.7. The van der Waals surface area contributed by atoms with Crippen molar-refractivity contribution in [1.29, 1.82) is 0 Å². The van der Waals surface area contributed by atoms with Gasteiger partial charge in [0.25, 0.3) is 0 Å². The van der Waals surface area contributed by atoms with E-state index in [9.17, 15) is 8.42 Å². The van der Waals surface area contributed by atoms with Gasteiger partial charge in [-0.1, -0.05) is 20.8 Å². The highest BCUT2D eigenvalue weighted by atomic mass is 32.2. The van der Waals surface area contributed by atoms with E-state index in [0.29, 0.717) is 18.0 Å². The predicted octanol–water partition coefficient (Wildman–Crippen LogP) is 0.755. The first kappa shape index (κ1) is 18.2. The Bertz CT molecular complexity index is 521. The Labute approximate surface area is 128 Å². The molecule has 0 aliphatic carbocycles. The maximum Gasteiger partial charge on any atom is 0.242 e. The average molecular weight is 316 g/mol. The molecule has 6 nitrogen and oxygen atoms in total. The Balaban J connectivity index is 2.65. The van der Waals surface area contributed by atoms with E-state index in [-0.39, 0.29) is 0 Å². The SMILES string of the molecule is CCNCc1cc(S(=O)(=O)NCCN(CC)CC)cn1C. The monoisotopic (exact) mass is 316 g/mol. The van der Waals surface area contributed by atoms with Gasteiger partial charge in [0, 0.05) is 38.6 Å². The van der Waals surface area contributed by atoms with Crippen molar-refractivity contribution in [3.05, 3.63) is 18.0 Å². The summed E-state index contributed by atoms with van der Waals surface area (Å²) in [4.78, 5) is 2.52. The Morgan fingerprint density at radius 2 is 1.90 bits per heavy atom. The second kappa shape index (κ2) is 8.53. The standard InChI is InChI=1S/C14H28N4O2S/c1-5-15-11-13-10-14(12-17(13)4)21(19,20)16-8-9-18(6-2)7-3/h10,12,15-16H,5-9,11H2,1-4H3. The molecule has 0 spiro atoms. The van der Waals surface area contributed by atoms with Crippen molar-refractivity contribution in [2.75, 3.05) is 32.7 Å². The highest BCUT2D eigenvalue weighted by molar-refractivity contribution is 7.89. The van der Waals surface area contributed by atoms with Crippen LogP contribution in [0.15, 0.2) is 17.2 Å². The molecule has 0 atom stereocenters. The third kappa shape index (κ3) is 5.43. The smallest absolute Gasteiger partial charge is 0.242 e. The lowest BCUT2D eigenvalue weighted by atomic mass is 10.4. The van der Waals surface area contributed by atoms with E-state index in [2.05, 4.69) is 28.8 Å². The number of aryl methyl sites for hydroxylation is 1. The molecule has 7 heteroatoms. The molecule has 21 heavy (non-hydrogen) atoms. The molecule has 0 radical (unpaired) electrons. The van der Waals surface area contributed by atoms with Crippen molar-refractivity contribution in [2.24, 2.45) is 7.05 Å². The van der Waals surface area contributed by atoms with Crippen LogP contribution in [0.5, 0.6) is 0 Å². The lowest BCUT2D eigenvalue weighted by Crippen LogP contribution is -2.34. The summed E-state index contributed by atoms with van der Waals surface area (Å²) < 4.78 is 29.0. The van der Waals surface area contributed by atoms with Crippen molar-refractivity contribution >= 4 is 10.0 Å². The Kier molecular flexibility index (Phi) is 7.37. The maximum absolute atomic E-state index is 12.3. The molecule has 1 aromatic rings. The minimum Gasteiger partial charge on any atom is -0.352 e. The van der Waals surface area contributed by atoms with Crippen LogP contribution in [0, 0.1) is 0 Å². The summed E-state index contributed by atoms with van der Waals surface area (Å²) >= 11 is 0. The minimum atomic E-state index is -3.42. The quantitative estimate of drug-likeness (QED) is 0.669. The van der Waals surface area contributed by atoms with Crippen LogP contribution in [0.4, 0.5) is 0 Å². The molecule has 0 fully saturated rings. The number of nitrogens with one attached hydrogen (secondary N) is 2. The summed E-state index contributed by atoms with van der Waals surface area (Å²) in [7, 11) is -1.56. The van der Waals surface area contributed by atoms with E-state index in [4.69, 9.17) is 0 Å². The highest BCUT2D eigenvalue weighted by Crippen LogP contribution is 2.13. The normalized spacial score (nSPS) is 12.2. The summed E-state index contributed by atoms with van der Waals surface area (Å²) in [6, 6.07) is 1.72. The molecule has 2 N–H and O–H groups in total. The molecule has 0 saturated heterocycles. The number of nitrogens with zero attached hydrogens (tertiary/aromatic N) is 2. The van der Waals surface area contributed by atoms with Crippen LogP contribution in [0.2, 0.25) is 0 Å². The van der Waals surface area contributed by atoms with Crippen molar-refractivity contribution in [3.8, 4) is 0 Å². The van der Waals surface area contributed by atoms with E-state index in [1.165, 1.54) is 0 Å². The zero-order valence-electron chi connectivity index (χ0n) is 13.5. The van der Waals surface area contributed by atoms with Gasteiger partial charge in [-0.05, 0) is 25.7 Å². The van der Waals surface area contributed by atoms with Gasteiger partial charge in [0.15, 0.2) is 0 Å². The molecule has 0 unspecified atom stereocenters. The van der Waals surface area contributed by atoms with Crippen molar-refractivity contribution in [3.63, 3.8) is 0 Å². The average Bonchev–Trinajstić information content (AvgIpc) is 2.83. The van der Waals surface area contributed by atoms with Crippen LogP contribution in [0.3, 0.4) is 0 Å². The molecule has 0 bridgehead atoms. The second-order valence-corrected chi connectivity index (χ2v) is 6.75. The Hall–Kier alpha value is -0.890. The zero-order valence-corrected chi connectivity index (χ0v) is 14.3. The maximum atomic E-state index is 12.3. The van der Waals surface area contributed by atoms with E-state index < -0.39 is 10.0 Å². The lowest BCUT2D eigenvalue weighted by molar-refractivity contribution is 0.309. The van der Waals surface area contributed by atoms with Crippen LogP contribution >= 0.6 is 0 Å². The first-order valence-corrected chi connectivity index (χ1v) is 9.00. The predicted molar refractivity (Wildman–Crippen MR) is 85.8 cm³/mol. The second-order valence-electron chi connectivity index (χ2n) is 4.98. The molecular formula is C14H28N4O2S. The number of rotatable bonds is 10. The van der Waals surface area contributed by atoms with Gasteiger partial charge in [0.1, 0.15) is 0 Å². The fourth-order valence-electron chi connectivity index (χ4n) is 2.11. The van der Waals surface area contributed by atoms with Crippen LogP contribution < -0.4 is 10.0 Å². The number of likely N-dealkylation sites (N-methyl/N-ethyl adjacent to an activating group) is 1. The molecule has 0 aromatic carbocycles. The van der Waals surface area contributed by atoms with Crippen LogP contribution in [0.1, 0.15) is 26.5 Å². The molecule has 1 aromatic heterocycles. The van der Waals surface area contributed by atoms with Crippen LogP contribution in [-0.2, 0) is 23.6 Å². The van der Waals surface area contributed by atoms with Crippen molar-refractivity contribution < 1.29 is 8.42 Å². The first-order valence-electron chi connectivity index (χ1n) is 7.52. The van der Waals surface area contributed by atoms with Gasteiger partial charge in [-0.3, -0.25) is 0 Å². The number of hydrogen-bond acceptors (Lipinski definition) is 4. The Morgan fingerprint density at radius 3 is 2.48 bits per heavy atom. The lowest BCUT2D eigenvalue weighted by Gasteiger charge is -2.17. The number of hydrogen-bond donors (Lipinski definition) is 2. The van der Waals surface area contributed by atoms with Gasteiger partial charge in [0.2, 0.25) is 10.0 Å². The molecule has 1 rings (SSSR count). The van der Waals surface area contributed by atoms with Crippen molar-refractivity contribution in [1.82, 2.24) is 19.5 Å². The first-order chi connectivity index (χ1) is 9.94. The van der Waals surface area contributed by atoms with Gasteiger partial charge in [-0.2, -0.15) is 0 Å². The van der Waals surface area contributed by atoms with Crippen molar-refractivity contribution in [2.45, 2.75) is 32.2 Å². The largest absolute Gasteiger partial charge is 0.352 e. The Morgan fingerprint density at radius 1 is 1.24 bits per heavy atom. The third-order valence-corrected chi connectivity index (χ3v) is 4.99. The van der Waals surface area contributed by atoms with E-state index in [1.54, 1.807) is 12.3 Å². The summed E-state index contributed by atoms with van der Waals surface area (Å²) in [6.07, 6.45) is 1.66. The molecule has 122 valence electrons. The van der Waals surface area contributed by atoms with Crippen LogP contribution in [0.25, 0.3) is 0 Å². The fraction of sp³-hybridized carbons (Fsp3) is 0.714. The number of aromatic nitrogens is 1. The molecule has 0 saturated carbocycles. The highest BCUT2D eigenvalue weighted by Gasteiger charge is 2.17. The van der Waals surface area contributed by atoms with E-state index >= 15 is 0 Å². The van der Waals surface area contributed by atoms with Gasteiger partial charge in [-0.25, -0.2) is 13.1 Å². The van der Waals surface area contributed by atoms with Gasteiger partial charge < -0.3 is 14.8 Å². The topological polar surface area (TPSA) is 66.4 Å². The van der Waals surface area contributed by atoms with Crippen LogP contribution in [-0.4, -0.2) is 50.6 Å². The molecule has 0 aliphatic heterocycles. The molecular weight excluding hydrogens is 288 g/mol. The molecule has 0 aliphatic rings. The van der Waals surface area contributed by atoms with Gasteiger partial charge in [0.05, 0.1) is 4.90 Å². The summed E-state index contributed by atoms with van der Waals surface area (Å²) in [5.41, 5.74) is 0.959. The molecule has 0 amide bonds. The minimum absolute atomic E-state index is 0.331. The zero-order chi connectivity index (χ0) is 15.9. The fourth-order valence-corrected chi connectivity index (χ4v) is 3.23. The number of sulfonamides is 1. The van der Waals surface area contributed by atoms with Gasteiger partial charge in [-0.15, -0.1) is 0 Å². The summed E-state index contributed by atoms with van der Waals surface area (Å²) in [5.74, 6) is 0. The van der Waals surface area contributed by atoms with E-state index in [0.717, 1.165) is 31.9 Å². The van der Waals surface area contributed by atoms with Gasteiger partial charge >= 0.3 is 0 Å². The van der Waals surface area contributed by atoms with E-state index in [1.807, 2.05) is 18.5 Å².